The van der Waals surface area contributed by atoms with Gasteiger partial charge in [-0.15, -0.1) is 0 Å². The Morgan fingerprint density at radius 1 is 0.241 bits per heavy atom. The molecular formula is C45H58Cu4N2OSe6. The van der Waals surface area contributed by atoms with E-state index in [1.54, 1.807) is 0 Å². The summed E-state index contributed by atoms with van der Waals surface area (Å²) in [7, 11) is 18.0. The number of hydrogen-bond donors (Lipinski definition) is 1. The second-order valence-corrected chi connectivity index (χ2v) is 19.2. The number of quaternary nitrogens is 2. The van der Waals surface area contributed by atoms with Gasteiger partial charge in [0.1, 0.15) is 0 Å². The molecular weight excluding hydrogens is 1310 g/mol. The van der Waals surface area contributed by atoms with E-state index in [1.807, 2.05) is 182 Å². The molecule has 0 unspecified atom stereocenters. The van der Waals surface area contributed by atoms with Crippen LogP contribution in [0, 0.1) is 0 Å². The van der Waals surface area contributed by atoms with Gasteiger partial charge in [-0.05, 0) is 0 Å². The minimum absolute atomic E-state index is 0. The maximum atomic E-state index is 7.00. The molecule has 6 rings (SSSR count). The molecule has 0 heterocycles. The number of benzene rings is 6. The van der Waals surface area contributed by atoms with Crippen LogP contribution in [-0.2, 0) is 68.3 Å². The molecule has 6 aromatic carbocycles. The van der Waals surface area contributed by atoms with Gasteiger partial charge in [-0.25, -0.2) is 0 Å². The average molecular weight is 1370 g/mol. The summed E-state index contributed by atoms with van der Waals surface area (Å²) in [4.78, 5) is 0. The summed E-state index contributed by atoms with van der Waals surface area (Å²) in [6.07, 6.45) is 0. The van der Waals surface area contributed by atoms with Crippen LogP contribution in [0.2, 0.25) is 0 Å². The van der Waals surface area contributed by atoms with Gasteiger partial charge >= 0.3 is 373 Å². The fourth-order valence-corrected chi connectivity index (χ4v) is 4.50. The molecule has 0 fully saturated rings. The first-order valence-electron chi connectivity index (χ1n) is 16.7. The fourth-order valence-electron chi connectivity index (χ4n) is 2.52. The Morgan fingerprint density at radius 2 is 0.310 bits per heavy atom. The van der Waals surface area contributed by atoms with Gasteiger partial charge in [0, 0.05) is 7.11 Å². The first-order valence-corrected chi connectivity index (χ1v) is 21.9. The number of aliphatic hydroxyl groups excluding tert-OH is 1. The Balaban J connectivity index is -0.000000101. The molecule has 6 aromatic rings. The summed E-state index contributed by atoms with van der Waals surface area (Å²) in [5.41, 5.74) is 0. The van der Waals surface area contributed by atoms with Crippen LogP contribution < -0.4 is 26.8 Å². The Bertz CT molecular complexity index is 1290. The van der Waals surface area contributed by atoms with E-state index < -0.39 is 0 Å². The van der Waals surface area contributed by atoms with Crippen LogP contribution in [0.4, 0.5) is 0 Å². The van der Waals surface area contributed by atoms with Crippen molar-refractivity contribution in [2.24, 2.45) is 0 Å². The van der Waals surface area contributed by atoms with Crippen LogP contribution in [0.3, 0.4) is 0 Å². The molecule has 0 bridgehead atoms. The Hall–Kier alpha value is 0.395. The Labute approximate surface area is 445 Å². The molecule has 0 saturated heterocycles. The predicted molar refractivity (Wildman–Crippen MR) is 247 cm³/mol. The number of nitrogens with zero attached hydrogens (tertiary/aromatic N) is 2. The molecule has 1 N–H and O–H groups in total. The van der Waals surface area contributed by atoms with Crippen molar-refractivity contribution in [3.05, 3.63) is 182 Å². The standard InChI is InChI=1S/6C6H6Se.2C4H12N.CH4O.4Cu/c6*7-6-4-2-1-3-5-6;2*1-5(2,3)4;1-2;;;;/h6*1-5,7H;2*1-4H3;2H,1H3;;;;/q;;;;;;2*+1;;4*+1/p-6. The van der Waals surface area contributed by atoms with Gasteiger partial charge in [0.2, 0.25) is 0 Å². The molecule has 0 aliphatic heterocycles. The van der Waals surface area contributed by atoms with Gasteiger partial charge in [0.25, 0.3) is 0 Å². The minimum atomic E-state index is 0. The van der Waals surface area contributed by atoms with Crippen LogP contribution in [0.15, 0.2) is 182 Å². The van der Waals surface area contributed by atoms with E-state index in [9.17, 15) is 0 Å². The van der Waals surface area contributed by atoms with E-state index in [0.29, 0.717) is 0 Å². The molecule has 58 heavy (non-hydrogen) atoms. The SMILES string of the molecule is CO.C[N+](C)(C)C.C[N+](C)(C)C.[Cu+].[Cu+].[Cu+].[Cu+].[Se-]c1ccccc1.[Se-]c1ccccc1.[Se-]c1ccccc1.[Se-]c1ccccc1.[Se-]c1ccccc1.[Se-]c1ccccc1. The van der Waals surface area contributed by atoms with Gasteiger partial charge in [0.05, 0.1) is 56.4 Å². The number of hydrogen-bond acceptors (Lipinski definition) is 1. The summed E-state index contributed by atoms with van der Waals surface area (Å²) in [6, 6.07) is 60.4. The van der Waals surface area contributed by atoms with E-state index in [0.717, 1.165) is 16.1 Å². The molecule has 3 nitrogen and oxygen atoms in total. The zero-order valence-electron chi connectivity index (χ0n) is 34.3. The van der Waals surface area contributed by atoms with Crippen LogP contribution in [-0.4, -0.2) is 174 Å². The molecule has 0 radical (unpaired) electrons. The molecule has 0 aliphatic carbocycles. The van der Waals surface area contributed by atoms with E-state index in [4.69, 9.17) is 5.11 Å². The quantitative estimate of drug-likeness (QED) is 0.184. The number of rotatable bonds is 0. The van der Waals surface area contributed by atoms with Crippen molar-refractivity contribution in [1.82, 2.24) is 0 Å². The summed E-state index contributed by atoms with van der Waals surface area (Å²) in [5, 5.41) is 7.00. The van der Waals surface area contributed by atoms with Crippen molar-refractivity contribution in [2.45, 2.75) is 0 Å². The van der Waals surface area contributed by atoms with Crippen LogP contribution in [0.5, 0.6) is 0 Å². The van der Waals surface area contributed by atoms with Crippen LogP contribution in [0.1, 0.15) is 0 Å². The second-order valence-electron chi connectivity index (χ2n) is 13.2. The molecule has 13 heteroatoms. The van der Waals surface area contributed by atoms with Crippen molar-refractivity contribution in [1.29, 1.82) is 0 Å². The molecule has 0 saturated carbocycles. The Morgan fingerprint density at radius 3 is 0.345 bits per heavy atom. The second kappa shape index (κ2) is 50.0. The van der Waals surface area contributed by atoms with Gasteiger partial charge in [-0.3, -0.25) is 0 Å². The third-order valence-electron chi connectivity index (χ3n) is 4.46. The van der Waals surface area contributed by atoms with Crippen molar-refractivity contribution in [2.75, 3.05) is 63.5 Å². The first-order chi connectivity index (χ1) is 25.4. The van der Waals surface area contributed by atoms with E-state index in [2.05, 4.69) is 152 Å². The van der Waals surface area contributed by atoms with Crippen LogP contribution in [0.25, 0.3) is 0 Å². The van der Waals surface area contributed by atoms with Gasteiger partial charge in [-0.1, -0.05) is 0 Å². The summed E-state index contributed by atoms with van der Waals surface area (Å²) >= 11 is 17.4. The third-order valence-corrected chi connectivity index (χ3v) is 7.89. The van der Waals surface area contributed by atoms with Crippen molar-refractivity contribution >= 4 is 123 Å². The zero-order valence-corrected chi connectivity index (χ0v) is 48.4. The van der Waals surface area contributed by atoms with Crippen molar-refractivity contribution < 1.29 is 82.3 Å². The van der Waals surface area contributed by atoms with E-state index >= 15 is 0 Å². The monoisotopic (exact) mass is 1370 g/mol. The summed E-state index contributed by atoms with van der Waals surface area (Å²) < 4.78 is 9.18. The predicted octanol–water partition coefficient (Wildman–Crippen LogP) is 3.13. The third kappa shape index (κ3) is 73.9. The van der Waals surface area contributed by atoms with Gasteiger partial charge < -0.3 is 14.1 Å². The van der Waals surface area contributed by atoms with Gasteiger partial charge in [0.15, 0.2) is 0 Å². The molecule has 0 amide bonds. The Kier molecular flexibility index (Phi) is 62.8. The average Bonchev–Trinajstić information content (AvgIpc) is 3.11. The zero-order chi connectivity index (χ0) is 41.7. The molecule has 334 valence electrons. The summed E-state index contributed by atoms with van der Waals surface area (Å²) in [5.74, 6) is 0. The van der Waals surface area contributed by atoms with Gasteiger partial charge in [-0.2, -0.15) is 0 Å². The molecule has 0 spiro atoms. The van der Waals surface area contributed by atoms with E-state index in [1.165, 1.54) is 26.8 Å². The molecule has 0 aromatic heterocycles. The topological polar surface area (TPSA) is 20.2 Å². The number of aliphatic hydroxyl groups is 1. The normalized spacial score (nSPS) is 8.38. The molecule has 0 atom stereocenters. The first kappa shape index (κ1) is 72.8. The summed E-state index contributed by atoms with van der Waals surface area (Å²) in [6.45, 7) is 0. The van der Waals surface area contributed by atoms with Crippen molar-refractivity contribution in [3.8, 4) is 0 Å². The maximum absolute atomic E-state index is 7.00. The fraction of sp³-hybridized carbons (Fsp3) is 0.200. The van der Waals surface area contributed by atoms with Crippen molar-refractivity contribution in [3.63, 3.8) is 0 Å². The van der Waals surface area contributed by atoms with Crippen LogP contribution >= 0.6 is 0 Å². The van der Waals surface area contributed by atoms with E-state index in [-0.39, 0.29) is 68.3 Å². The molecule has 0 aliphatic rings.